The van der Waals surface area contributed by atoms with E-state index in [-0.39, 0.29) is 5.70 Å². The van der Waals surface area contributed by atoms with Crippen LogP contribution >= 0.6 is 35.3 Å². The minimum absolute atomic E-state index is 0.0109. The predicted octanol–water partition coefficient (Wildman–Crippen LogP) is 2.08. The number of nitrogens with zero attached hydrogens (tertiary/aromatic N) is 3. The van der Waals surface area contributed by atoms with E-state index in [2.05, 4.69) is 15.7 Å². The van der Waals surface area contributed by atoms with Crippen LogP contribution in [0.4, 0.5) is 10.5 Å². The van der Waals surface area contributed by atoms with Crippen molar-refractivity contribution in [1.29, 1.82) is 0 Å². The molecule has 4 rings (SSSR count). The summed E-state index contributed by atoms with van der Waals surface area (Å²) in [5, 5.41) is 20.8. The van der Waals surface area contributed by atoms with E-state index in [1.807, 2.05) is 12.1 Å². The van der Waals surface area contributed by atoms with Crippen LogP contribution in [-0.4, -0.2) is 80.3 Å². The molecule has 32 heavy (non-hydrogen) atoms. The van der Waals surface area contributed by atoms with Crippen LogP contribution < -0.4 is 15.4 Å². The number of carboxylic acid groups (broad SMARTS) is 1. The van der Waals surface area contributed by atoms with Crippen molar-refractivity contribution in [2.75, 3.05) is 36.9 Å². The number of nitrogens with one attached hydrogen (secondary N) is 2. The maximum absolute atomic E-state index is 12.7. The van der Waals surface area contributed by atoms with E-state index in [4.69, 9.17) is 4.74 Å². The monoisotopic (exact) mass is 495 g/mol. The maximum atomic E-state index is 12.7. The lowest BCUT2D eigenvalue weighted by Gasteiger charge is -2.49. The van der Waals surface area contributed by atoms with Gasteiger partial charge in [-0.15, -0.1) is 11.8 Å². The number of urea groups is 1. The number of benzene rings is 1. The Kier molecular flexibility index (Phi) is 6.76. The Hall–Kier alpha value is -2.51. The molecule has 170 valence electrons. The van der Waals surface area contributed by atoms with E-state index in [1.165, 1.54) is 28.4 Å². The Labute approximate surface area is 197 Å². The average molecular weight is 496 g/mol. The lowest BCUT2D eigenvalue weighted by atomic mass is 10.0. The summed E-state index contributed by atoms with van der Waals surface area (Å²) in [4.78, 5) is 38.3. The molecule has 1 aromatic carbocycles. The number of hydrogen-bond acceptors (Lipinski definition) is 9. The maximum Gasteiger partial charge on any atom is 0.352 e. The molecule has 3 heterocycles. The van der Waals surface area contributed by atoms with Crippen LogP contribution in [0.15, 0.2) is 40.6 Å². The average Bonchev–Trinajstić information content (AvgIpc) is 3.20. The standard InChI is InChI=1S/C19H21N5O5S3/c1-23-9-32-19(22-23)31-8-10-7-30-16-13(15(25)24(16)14(10)17(26)27)21-18(28)20-11-3-5-12(29-2)6-4-11/h3-6,13,16H,7-9H2,1-2H3,(H,26,27)(H2,20,21,28)/t13?,16-/m1/s1. The van der Waals surface area contributed by atoms with Crippen molar-refractivity contribution < 1.29 is 24.2 Å². The molecule has 10 nitrogen and oxygen atoms in total. The summed E-state index contributed by atoms with van der Waals surface area (Å²) in [5.41, 5.74) is 1.24. The largest absolute Gasteiger partial charge is 0.497 e. The van der Waals surface area contributed by atoms with Crippen molar-refractivity contribution >= 4 is 63.3 Å². The van der Waals surface area contributed by atoms with Crippen LogP contribution in [-0.2, 0) is 9.59 Å². The number of carbonyl (C=O) groups is 3. The highest BCUT2D eigenvalue weighted by Crippen LogP contribution is 2.41. The van der Waals surface area contributed by atoms with Gasteiger partial charge in [-0.3, -0.25) is 14.7 Å². The first kappa shape index (κ1) is 22.7. The molecule has 3 N–H and O–H groups in total. The van der Waals surface area contributed by atoms with Crippen LogP contribution in [0.25, 0.3) is 0 Å². The van der Waals surface area contributed by atoms with Gasteiger partial charge in [-0.25, -0.2) is 9.59 Å². The summed E-state index contributed by atoms with van der Waals surface area (Å²) < 4.78 is 5.96. The first-order chi connectivity index (χ1) is 15.4. The number of hydrogen-bond donors (Lipinski definition) is 3. The Bertz CT molecular complexity index is 1000. The van der Waals surface area contributed by atoms with E-state index in [1.54, 1.807) is 43.1 Å². The molecule has 0 saturated carbocycles. The van der Waals surface area contributed by atoms with E-state index in [0.717, 1.165) is 10.3 Å². The van der Waals surface area contributed by atoms with Gasteiger partial charge in [0.15, 0.2) is 4.38 Å². The Balaban J connectivity index is 1.39. The number of thioether (sulfide) groups is 3. The molecule has 3 aliphatic rings. The number of fused-ring (bicyclic) bond motifs is 1. The highest BCUT2D eigenvalue weighted by Gasteiger charge is 2.54. The van der Waals surface area contributed by atoms with Gasteiger partial charge in [0, 0.05) is 24.2 Å². The van der Waals surface area contributed by atoms with Crippen molar-refractivity contribution in [3.63, 3.8) is 0 Å². The molecule has 0 aromatic heterocycles. The second-order valence-corrected chi connectivity index (χ2v) is 10.3. The van der Waals surface area contributed by atoms with E-state index in [9.17, 15) is 19.5 Å². The van der Waals surface area contributed by atoms with Crippen molar-refractivity contribution in [2.24, 2.45) is 5.10 Å². The Morgan fingerprint density at radius 2 is 2.09 bits per heavy atom. The van der Waals surface area contributed by atoms with Gasteiger partial charge in [0.1, 0.15) is 22.9 Å². The van der Waals surface area contributed by atoms with Gasteiger partial charge >= 0.3 is 12.0 Å². The Morgan fingerprint density at radius 3 is 2.72 bits per heavy atom. The second-order valence-electron chi connectivity index (χ2n) is 7.06. The summed E-state index contributed by atoms with van der Waals surface area (Å²) in [6.45, 7) is 0. The molecule has 1 unspecified atom stereocenters. The molecule has 3 aliphatic heterocycles. The van der Waals surface area contributed by atoms with Crippen LogP contribution in [0.1, 0.15) is 0 Å². The van der Waals surface area contributed by atoms with Gasteiger partial charge in [0.25, 0.3) is 5.91 Å². The molecule has 1 fully saturated rings. The van der Waals surface area contributed by atoms with Gasteiger partial charge in [0.2, 0.25) is 0 Å². The minimum atomic E-state index is -1.14. The van der Waals surface area contributed by atoms with Crippen LogP contribution in [0.5, 0.6) is 5.75 Å². The normalized spacial score (nSPS) is 22.2. The number of rotatable bonds is 6. The quantitative estimate of drug-likeness (QED) is 0.509. The number of hydrazone groups is 1. The molecule has 0 radical (unpaired) electrons. The first-order valence-electron chi connectivity index (χ1n) is 9.54. The molecule has 1 aromatic rings. The number of β-lactam (4-membered cyclic amide) rings is 1. The third-order valence-electron chi connectivity index (χ3n) is 4.88. The van der Waals surface area contributed by atoms with E-state index >= 15 is 0 Å². The number of ether oxygens (including phenoxy) is 1. The lowest BCUT2D eigenvalue weighted by molar-refractivity contribution is -0.148. The van der Waals surface area contributed by atoms with E-state index in [0.29, 0.717) is 28.5 Å². The van der Waals surface area contributed by atoms with Gasteiger partial charge in [-0.05, 0) is 29.8 Å². The van der Waals surface area contributed by atoms with Gasteiger partial charge in [0.05, 0.1) is 13.0 Å². The Morgan fingerprint density at radius 1 is 1.34 bits per heavy atom. The fourth-order valence-corrected chi connectivity index (χ4v) is 6.77. The van der Waals surface area contributed by atoms with Gasteiger partial charge in [-0.1, -0.05) is 23.5 Å². The highest BCUT2D eigenvalue weighted by atomic mass is 32.2. The number of amides is 3. The summed E-state index contributed by atoms with van der Waals surface area (Å²) in [7, 11) is 3.43. The molecule has 0 spiro atoms. The minimum Gasteiger partial charge on any atom is -0.497 e. The summed E-state index contributed by atoms with van der Waals surface area (Å²) in [6.07, 6.45) is 0. The van der Waals surface area contributed by atoms with E-state index < -0.39 is 29.3 Å². The predicted molar refractivity (Wildman–Crippen MR) is 127 cm³/mol. The van der Waals surface area contributed by atoms with Crippen molar-refractivity contribution in [3.8, 4) is 5.75 Å². The zero-order valence-corrected chi connectivity index (χ0v) is 19.7. The fourth-order valence-electron chi connectivity index (χ4n) is 3.34. The topological polar surface area (TPSA) is 124 Å². The fraction of sp³-hybridized carbons (Fsp3) is 0.368. The molecule has 13 heteroatoms. The summed E-state index contributed by atoms with van der Waals surface area (Å²) >= 11 is 4.51. The molecule has 3 amide bonds. The molecular formula is C19H21N5O5S3. The highest BCUT2D eigenvalue weighted by molar-refractivity contribution is 8.39. The number of carbonyl (C=O) groups excluding carboxylic acids is 2. The number of methoxy groups -OCH3 is 1. The summed E-state index contributed by atoms with van der Waals surface area (Å²) in [5.74, 6) is 0.765. The third kappa shape index (κ3) is 4.64. The van der Waals surface area contributed by atoms with Crippen molar-refractivity contribution in [1.82, 2.24) is 15.2 Å². The zero-order chi connectivity index (χ0) is 22.8. The third-order valence-corrected chi connectivity index (χ3v) is 8.58. The number of aliphatic carboxylic acids is 1. The lowest BCUT2D eigenvalue weighted by Crippen LogP contribution is -2.71. The molecule has 1 saturated heterocycles. The SMILES string of the molecule is COc1ccc(NC(=O)NC2C(=O)N3C(C(=O)O)=C(CSC4=NN(C)CS4)CS[C@H]23)cc1. The van der Waals surface area contributed by atoms with Gasteiger partial charge < -0.3 is 20.5 Å². The first-order valence-corrected chi connectivity index (χ1v) is 12.6. The van der Waals surface area contributed by atoms with Crippen molar-refractivity contribution in [2.45, 2.75) is 11.4 Å². The van der Waals surface area contributed by atoms with Crippen molar-refractivity contribution in [3.05, 3.63) is 35.5 Å². The smallest absolute Gasteiger partial charge is 0.352 e. The molecule has 2 atom stereocenters. The molecule has 0 bridgehead atoms. The van der Waals surface area contributed by atoms with Gasteiger partial charge in [-0.2, -0.15) is 5.10 Å². The summed E-state index contributed by atoms with van der Waals surface area (Å²) in [6, 6.07) is 5.46. The van der Waals surface area contributed by atoms with Crippen LogP contribution in [0.2, 0.25) is 0 Å². The zero-order valence-electron chi connectivity index (χ0n) is 17.2. The van der Waals surface area contributed by atoms with Crippen LogP contribution in [0.3, 0.4) is 0 Å². The number of anilines is 1. The second kappa shape index (κ2) is 9.55. The molecule has 0 aliphatic carbocycles. The number of carboxylic acids is 1. The van der Waals surface area contributed by atoms with Crippen LogP contribution in [0, 0.1) is 0 Å². The molecular weight excluding hydrogens is 474 g/mol.